The van der Waals surface area contributed by atoms with E-state index >= 15 is 0 Å². The number of aryl methyl sites for hydroxylation is 1. The molecule has 0 aliphatic carbocycles. The average Bonchev–Trinajstić information content (AvgIpc) is 2.79. The van der Waals surface area contributed by atoms with Gasteiger partial charge in [0.15, 0.2) is 0 Å². The van der Waals surface area contributed by atoms with Crippen molar-refractivity contribution in [2.75, 3.05) is 26.2 Å². The fourth-order valence-corrected chi connectivity index (χ4v) is 3.74. The minimum atomic E-state index is -0.246. The topological polar surface area (TPSA) is 50.2 Å². The van der Waals surface area contributed by atoms with Gasteiger partial charge in [0.25, 0.3) is 5.56 Å². The van der Waals surface area contributed by atoms with E-state index < -0.39 is 0 Å². The highest BCUT2D eigenvalue weighted by atomic mass is 35.5. The first-order chi connectivity index (χ1) is 15.1. The molecular formula is C25H29Cl2FN4O. The molecular weight excluding hydrogens is 462 g/mol. The smallest absolute Gasteiger partial charge is 0.271 e. The molecule has 0 unspecified atom stereocenters. The number of hydrogen-bond donors (Lipinski definition) is 1. The van der Waals surface area contributed by atoms with E-state index in [1.807, 2.05) is 48.6 Å². The maximum absolute atomic E-state index is 13.8. The third-order valence-corrected chi connectivity index (χ3v) is 5.49. The Kier molecular flexibility index (Phi) is 10.3. The van der Waals surface area contributed by atoms with Crippen molar-refractivity contribution < 1.29 is 4.39 Å². The fourth-order valence-electron chi connectivity index (χ4n) is 3.74. The van der Waals surface area contributed by atoms with E-state index in [4.69, 9.17) is 0 Å². The summed E-state index contributed by atoms with van der Waals surface area (Å²) in [6.45, 7) is 6.33. The van der Waals surface area contributed by atoms with Gasteiger partial charge in [-0.3, -0.25) is 9.69 Å². The lowest BCUT2D eigenvalue weighted by atomic mass is 10.1. The van der Waals surface area contributed by atoms with Crippen LogP contribution in [0.4, 0.5) is 4.39 Å². The van der Waals surface area contributed by atoms with E-state index in [2.05, 4.69) is 15.3 Å². The van der Waals surface area contributed by atoms with Gasteiger partial charge in [-0.1, -0.05) is 42.5 Å². The van der Waals surface area contributed by atoms with Gasteiger partial charge < -0.3 is 5.32 Å². The molecule has 4 rings (SSSR count). The predicted octanol–water partition coefficient (Wildman–Crippen LogP) is 4.32. The Morgan fingerprint density at radius 1 is 1.06 bits per heavy atom. The van der Waals surface area contributed by atoms with Gasteiger partial charge >= 0.3 is 0 Å². The van der Waals surface area contributed by atoms with Crippen molar-refractivity contribution in [1.29, 1.82) is 0 Å². The minimum Gasteiger partial charge on any atom is -0.314 e. The Labute approximate surface area is 206 Å². The van der Waals surface area contributed by atoms with Crippen molar-refractivity contribution in [1.82, 2.24) is 20.0 Å². The quantitative estimate of drug-likeness (QED) is 0.558. The number of rotatable bonds is 6. The Balaban J connectivity index is 0.00000193. The zero-order valence-electron chi connectivity index (χ0n) is 18.5. The summed E-state index contributed by atoms with van der Waals surface area (Å²) in [5.74, 6) is -0.246. The third-order valence-electron chi connectivity index (χ3n) is 5.49. The molecule has 3 aromatic rings. The first kappa shape index (κ1) is 26.7. The fraction of sp³-hybridized carbons (Fsp3) is 0.280. The minimum absolute atomic E-state index is 0. The van der Waals surface area contributed by atoms with Crippen LogP contribution in [0.25, 0.3) is 17.3 Å². The molecule has 1 fully saturated rings. The van der Waals surface area contributed by atoms with Gasteiger partial charge in [0.2, 0.25) is 0 Å². The van der Waals surface area contributed by atoms with E-state index in [-0.39, 0.29) is 36.2 Å². The Hall–Kier alpha value is -2.51. The number of nitrogens with one attached hydrogen (secondary N) is 1. The van der Waals surface area contributed by atoms with Crippen LogP contribution in [-0.2, 0) is 13.1 Å². The number of hydrogen-bond acceptors (Lipinski definition) is 4. The number of halogens is 3. The second kappa shape index (κ2) is 12.7. The van der Waals surface area contributed by atoms with Crippen LogP contribution < -0.4 is 10.9 Å². The lowest BCUT2D eigenvalue weighted by molar-refractivity contribution is 0.231. The molecule has 8 heteroatoms. The normalized spacial score (nSPS) is 14.0. The summed E-state index contributed by atoms with van der Waals surface area (Å²) in [7, 11) is 0. The summed E-state index contributed by atoms with van der Waals surface area (Å²) >= 11 is 0. The van der Waals surface area contributed by atoms with Crippen molar-refractivity contribution >= 4 is 30.9 Å². The highest BCUT2D eigenvalue weighted by Crippen LogP contribution is 2.20. The van der Waals surface area contributed by atoms with Crippen molar-refractivity contribution in [3.8, 4) is 11.3 Å². The Bertz CT molecular complexity index is 1130. The van der Waals surface area contributed by atoms with Crippen LogP contribution in [0.15, 0.2) is 65.5 Å². The summed E-state index contributed by atoms with van der Waals surface area (Å²) in [4.78, 5) is 15.4. The van der Waals surface area contributed by atoms with E-state index in [1.165, 1.54) is 10.7 Å². The number of allylic oxidation sites excluding steroid dienone is 1. The summed E-state index contributed by atoms with van der Waals surface area (Å²) < 4.78 is 15.3. The van der Waals surface area contributed by atoms with Crippen LogP contribution in [0, 0.1) is 12.7 Å². The molecule has 0 radical (unpaired) electrons. The van der Waals surface area contributed by atoms with Crippen LogP contribution in [-0.4, -0.2) is 40.9 Å². The molecule has 1 aliphatic rings. The molecule has 2 heterocycles. The molecule has 1 saturated heterocycles. The van der Waals surface area contributed by atoms with Gasteiger partial charge in [-0.2, -0.15) is 5.10 Å². The number of piperazine rings is 1. The van der Waals surface area contributed by atoms with Gasteiger partial charge in [0.05, 0.1) is 12.2 Å². The molecule has 2 aromatic carbocycles. The second-order valence-electron chi connectivity index (χ2n) is 7.85. The molecule has 0 atom stereocenters. The SMILES string of the molecule is Cc1cc(-c2cc(CN3CCNCC3)c(=O)n(C/C=C/c3ccccc3)n2)ccc1F.Cl.Cl. The van der Waals surface area contributed by atoms with Gasteiger partial charge in [-0.25, -0.2) is 9.07 Å². The number of aromatic nitrogens is 2. The molecule has 0 bridgehead atoms. The first-order valence-electron chi connectivity index (χ1n) is 10.6. The molecule has 1 aromatic heterocycles. The molecule has 33 heavy (non-hydrogen) atoms. The summed E-state index contributed by atoms with van der Waals surface area (Å²) in [5.41, 5.74) is 3.74. The lowest BCUT2D eigenvalue weighted by Gasteiger charge is -2.27. The molecule has 0 saturated carbocycles. The largest absolute Gasteiger partial charge is 0.314 e. The van der Waals surface area contributed by atoms with E-state index in [9.17, 15) is 9.18 Å². The molecule has 176 valence electrons. The van der Waals surface area contributed by atoms with Crippen molar-refractivity contribution in [2.24, 2.45) is 0 Å². The summed E-state index contributed by atoms with van der Waals surface area (Å²) in [6.07, 6.45) is 3.93. The standard InChI is InChI=1S/C25H27FN4O.2ClH/c1-19-16-21(9-10-23(19)26)24-17-22(18-29-14-11-27-12-15-29)25(31)30(28-24)13-5-8-20-6-3-2-4-7-20;;/h2-10,16-17,27H,11-15,18H2,1H3;2*1H/b8-5+;;. The molecule has 0 spiro atoms. The highest BCUT2D eigenvalue weighted by Gasteiger charge is 2.15. The Morgan fingerprint density at radius 3 is 2.48 bits per heavy atom. The van der Waals surface area contributed by atoms with Crippen LogP contribution in [0.5, 0.6) is 0 Å². The first-order valence-corrected chi connectivity index (χ1v) is 10.6. The van der Waals surface area contributed by atoms with Gasteiger partial charge in [0, 0.05) is 43.9 Å². The van der Waals surface area contributed by atoms with Crippen LogP contribution >= 0.6 is 24.8 Å². The summed E-state index contributed by atoms with van der Waals surface area (Å²) in [6, 6.07) is 16.8. The van der Waals surface area contributed by atoms with Crippen LogP contribution in [0.1, 0.15) is 16.7 Å². The maximum atomic E-state index is 13.8. The zero-order chi connectivity index (χ0) is 21.6. The van der Waals surface area contributed by atoms with Crippen LogP contribution in [0.2, 0.25) is 0 Å². The average molecular weight is 491 g/mol. The van der Waals surface area contributed by atoms with Gasteiger partial charge in [0.1, 0.15) is 5.82 Å². The number of nitrogens with zero attached hydrogens (tertiary/aromatic N) is 3. The van der Waals surface area contributed by atoms with E-state index in [0.717, 1.165) is 37.3 Å². The van der Waals surface area contributed by atoms with Gasteiger partial charge in [-0.15, -0.1) is 24.8 Å². The second-order valence-corrected chi connectivity index (χ2v) is 7.85. The molecule has 0 amide bonds. The predicted molar refractivity (Wildman–Crippen MR) is 137 cm³/mol. The third kappa shape index (κ3) is 6.98. The van der Waals surface area contributed by atoms with E-state index in [0.29, 0.717) is 29.9 Å². The monoisotopic (exact) mass is 490 g/mol. The number of benzene rings is 2. The van der Waals surface area contributed by atoms with Crippen molar-refractivity contribution in [3.63, 3.8) is 0 Å². The lowest BCUT2D eigenvalue weighted by Crippen LogP contribution is -2.44. The molecule has 1 aliphatic heterocycles. The zero-order valence-corrected chi connectivity index (χ0v) is 20.2. The van der Waals surface area contributed by atoms with Crippen LogP contribution in [0.3, 0.4) is 0 Å². The van der Waals surface area contributed by atoms with Gasteiger partial charge in [-0.05, 0) is 42.3 Å². The van der Waals surface area contributed by atoms with E-state index in [1.54, 1.807) is 19.1 Å². The van der Waals surface area contributed by atoms with Crippen molar-refractivity contribution in [2.45, 2.75) is 20.0 Å². The highest BCUT2D eigenvalue weighted by molar-refractivity contribution is 5.85. The molecule has 5 nitrogen and oxygen atoms in total. The summed E-state index contributed by atoms with van der Waals surface area (Å²) in [5, 5.41) is 7.93. The molecule has 1 N–H and O–H groups in total. The van der Waals surface area contributed by atoms with Crippen molar-refractivity contribution in [3.05, 3.63) is 93.5 Å². The maximum Gasteiger partial charge on any atom is 0.271 e. The Morgan fingerprint density at radius 2 is 1.79 bits per heavy atom.